The fraction of sp³-hybridized carbons (Fsp3) is 0.178. The molecule has 0 radical (unpaired) electrons. The normalized spacial score (nSPS) is 16.6. The highest BCUT2D eigenvalue weighted by atomic mass is 15.0. The lowest BCUT2D eigenvalue weighted by molar-refractivity contribution is -0.738. The van der Waals surface area contributed by atoms with Crippen LogP contribution in [0.5, 0.6) is 0 Å². The molecule has 0 fully saturated rings. The molecule has 5 heterocycles. The van der Waals surface area contributed by atoms with Crippen molar-refractivity contribution < 1.29 is 9.13 Å². The molecule has 48 heavy (non-hydrogen) atoms. The van der Waals surface area contributed by atoms with Gasteiger partial charge in [0.25, 0.3) is 0 Å². The molecule has 2 unspecified atom stereocenters. The molecule has 7 aromatic rings. The molecule has 2 aliphatic rings. The highest BCUT2D eigenvalue weighted by molar-refractivity contribution is 6.04. The van der Waals surface area contributed by atoms with E-state index in [1.54, 1.807) is 0 Å². The summed E-state index contributed by atoms with van der Waals surface area (Å²) in [6.45, 7) is 5.32. The molecule has 9 rings (SSSR count). The Bertz CT molecular complexity index is 2340. The molecule has 3 aromatic heterocycles. The molecular formula is C45H39N3+2. The van der Waals surface area contributed by atoms with Gasteiger partial charge in [-0.1, -0.05) is 72.3 Å². The molecule has 2 aliphatic heterocycles. The first kappa shape index (κ1) is 28.8. The van der Waals surface area contributed by atoms with E-state index in [0.29, 0.717) is 12.0 Å². The summed E-state index contributed by atoms with van der Waals surface area (Å²) >= 11 is 0. The number of nitrogens with zero attached hydrogens (tertiary/aromatic N) is 3. The lowest BCUT2D eigenvalue weighted by Crippen LogP contribution is -2.50. The summed E-state index contributed by atoms with van der Waals surface area (Å²) < 4.78 is 5.06. The lowest BCUT2D eigenvalue weighted by Gasteiger charge is -2.31. The molecule has 0 spiro atoms. The summed E-state index contributed by atoms with van der Waals surface area (Å²) in [4.78, 5) is 4.56. The number of pyridine rings is 3. The molecule has 0 N–H and O–H groups in total. The Morgan fingerprint density at radius 3 is 2.29 bits per heavy atom. The standard InChI is InChI=1S/C45H39N3/c1-30-10-12-32(13-11-30)35-18-19-36(39-20-23-46-29-42(35)39)33-14-16-37-34(28-33)15-17-41-38-7-3-4-8-40(38)45-27-31(2)21-26-48(45)44(41)22-25-47-24-6-5-9-43(37)47/h3-14,16,18-21,23-24,26-29,41,44H,15,17,22,25H2,1-2H3/q+2. The van der Waals surface area contributed by atoms with Gasteiger partial charge >= 0.3 is 0 Å². The molecule has 0 saturated heterocycles. The summed E-state index contributed by atoms with van der Waals surface area (Å²) in [6, 6.07) is 43.6. The molecule has 0 saturated carbocycles. The summed E-state index contributed by atoms with van der Waals surface area (Å²) in [6.07, 6.45) is 11.8. The Balaban J connectivity index is 1.18. The first-order chi connectivity index (χ1) is 23.6. The monoisotopic (exact) mass is 621 g/mol. The highest BCUT2D eigenvalue weighted by Crippen LogP contribution is 2.44. The van der Waals surface area contributed by atoms with Crippen LogP contribution >= 0.6 is 0 Å². The van der Waals surface area contributed by atoms with Gasteiger partial charge in [-0.3, -0.25) is 4.98 Å². The Morgan fingerprint density at radius 1 is 0.604 bits per heavy atom. The number of aromatic nitrogens is 3. The van der Waals surface area contributed by atoms with Crippen molar-refractivity contribution in [1.82, 2.24) is 4.98 Å². The first-order valence-electron chi connectivity index (χ1n) is 17.3. The number of benzene rings is 4. The minimum absolute atomic E-state index is 0.395. The lowest BCUT2D eigenvalue weighted by atomic mass is 9.77. The minimum Gasteiger partial charge on any atom is -0.264 e. The van der Waals surface area contributed by atoms with Gasteiger partial charge in [-0.2, -0.15) is 9.13 Å². The molecule has 0 bridgehead atoms. The second-order valence-electron chi connectivity index (χ2n) is 13.7. The zero-order valence-electron chi connectivity index (χ0n) is 27.6. The topological polar surface area (TPSA) is 20.6 Å². The van der Waals surface area contributed by atoms with E-state index in [-0.39, 0.29) is 0 Å². The fourth-order valence-corrected chi connectivity index (χ4v) is 8.41. The zero-order chi connectivity index (χ0) is 32.2. The van der Waals surface area contributed by atoms with E-state index in [9.17, 15) is 0 Å². The Morgan fingerprint density at radius 2 is 1.40 bits per heavy atom. The maximum Gasteiger partial charge on any atom is 0.213 e. The molecule has 0 aliphatic carbocycles. The average molecular weight is 622 g/mol. The largest absolute Gasteiger partial charge is 0.264 e. The van der Waals surface area contributed by atoms with Crippen molar-refractivity contribution >= 4 is 10.8 Å². The van der Waals surface area contributed by atoms with Gasteiger partial charge in [-0.05, 0) is 95.3 Å². The van der Waals surface area contributed by atoms with Crippen molar-refractivity contribution in [2.24, 2.45) is 0 Å². The van der Waals surface area contributed by atoms with Crippen LogP contribution in [0.2, 0.25) is 0 Å². The van der Waals surface area contributed by atoms with Gasteiger partial charge in [-0.25, -0.2) is 0 Å². The van der Waals surface area contributed by atoms with Crippen molar-refractivity contribution in [2.45, 2.75) is 51.6 Å². The van der Waals surface area contributed by atoms with Crippen LogP contribution in [0, 0.1) is 13.8 Å². The number of hydrogen-bond acceptors (Lipinski definition) is 1. The molecular weight excluding hydrogens is 583 g/mol. The summed E-state index contributed by atoms with van der Waals surface area (Å²) in [5, 5.41) is 2.43. The van der Waals surface area contributed by atoms with Gasteiger partial charge in [0.2, 0.25) is 11.4 Å². The number of hydrogen-bond donors (Lipinski definition) is 0. The number of rotatable bonds is 2. The van der Waals surface area contributed by atoms with E-state index in [4.69, 9.17) is 0 Å². The molecule has 3 heteroatoms. The molecule has 2 atom stereocenters. The third-order valence-corrected chi connectivity index (χ3v) is 10.8. The minimum atomic E-state index is 0.395. The van der Waals surface area contributed by atoms with E-state index in [0.717, 1.165) is 25.8 Å². The van der Waals surface area contributed by atoms with E-state index >= 15 is 0 Å². The molecule has 232 valence electrons. The summed E-state index contributed by atoms with van der Waals surface area (Å²) in [5.74, 6) is 0.435. The van der Waals surface area contributed by atoms with Gasteiger partial charge in [0.05, 0.1) is 6.42 Å². The molecule has 3 nitrogen and oxygen atoms in total. The van der Waals surface area contributed by atoms with E-state index < -0.39 is 0 Å². The van der Waals surface area contributed by atoms with Crippen molar-refractivity contribution in [1.29, 1.82) is 0 Å². The van der Waals surface area contributed by atoms with E-state index in [1.165, 1.54) is 77.8 Å². The predicted octanol–water partition coefficient (Wildman–Crippen LogP) is 9.77. The Labute approximate surface area is 282 Å². The second kappa shape index (κ2) is 11.7. The van der Waals surface area contributed by atoms with Gasteiger partial charge in [0, 0.05) is 59.1 Å². The molecule has 0 amide bonds. The quantitative estimate of drug-likeness (QED) is 0.176. The predicted molar refractivity (Wildman–Crippen MR) is 195 cm³/mol. The van der Waals surface area contributed by atoms with Crippen LogP contribution < -0.4 is 9.13 Å². The smallest absolute Gasteiger partial charge is 0.213 e. The SMILES string of the molecule is Cc1ccc(-c2ccc(-c3ccc4c(c3)CCC3c5ccccc5-c5cc(C)cc[n+]5C3CC[n+]3ccccc3-4)c3ccncc23)cc1. The third-order valence-electron chi connectivity index (χ3n) is 10.8. The van der Waals surface area contributed by atoms with Crippen molar-refractivity contribution in [3.05, 3.63) is 162 Å². The van der Waals surface area contributed by atoms with Crippen molar-refractivity contribution in [3.63, 3.8) is 0 Å². The first-order valence-corrected chi connectivity index (χ1v) is 17.3. The van der Waals surface area contributed by atoms with E-state index in [2.05, 4.69) is 156 Å². The summed E-state index contributed by atoms with van der Waals surface area (Å²) in [5.41, 5.74) is 15.8. The molecule has 4 aromatic carbocycles. The average Bonchev–Trinajstić information content (AvgIpc) is 3.13. The van der Waals surface area contributed by atoms with Crippen LogP contribution in [0.3, 0.4) is 0 Å². The summed E-state index contributed by atoms with van der Waals surface area (Å²) in [7, 11) is 0. The maximum absolute atomic E-state index is 4.56. The van der Waals surface area contributed by atoms with Crippen LogP contribution in [0.1, 0.15) is 47.1 Å². The Kier molecular flexibility index (Phi) is 7.00. The highest BCUT2D eigenvalue weighted by Gasteiger charge is 2.41. The fourth-order valence-electron chi connectivity index (χ4n) is 8.41. The maximum atomic E-state index is 4.56. The van der Waals surface area contributed by atoms with Crippen LogP contribution in [-0.2, 0) is 13.0 Å². The van der Waals surface area contributed by atoms with Crippen molar-refractivity contribution in [3.8, 4) is 44.8 Å². The van der Waals surface area contributed by atoms with E-state index in [1.807, 2.05) is 12.4 Å². The third kappa shape index (κ3) is 4.85. The second-order valence-corrected chi connectivity index (χ2v) is 13.7. The van der Waals surface area contributed by atoms with Crippen LogP contribution in [0.15, 0.2) is 140 Å². The van der Waals surface area contributed by atoms with Gasteiger partial charge in [0.1, 0.15) is 0 Å². The van der Waals surface area contributed by atoms with Crippen LogP contribution in [0.25, 0.3) is 55.5 Å². The van der Waals surface area contributed by atoms with Gasteiger partial charge < -0.3 is 0 Å². The van der Waals surface area contributed by atoms with Gasteiger partial charge in [0.15, 0.2) is 25.0 Å². The number of aryl methyl sites for hydroxylation is 4. The number of fused-ring (bicyclic) bond motifs is 10. The van der Waals surface area contributed by atoms with Crippen molar-refractivity contribution in [2.75, 3.05) is 0 Å². The van der Waals surface area contributed by atoms with Gasteiger partial charge in [-0.15, -0.1) is 0 Å². The van der Waals surface area contributed by atoms with Crippen LogP contribution in [0.4, 0.5) is 0 Å². The van der Waals surface area contributed by atoms with Crippen LogP contribution in [-0.4, -0.2) is 4.98 Å². The Hall–Kier alpha value is -5.41. The zero-order valence-corrected chi connectivity index (χ0v) is 27.6.